The van der Waals surface area contributed by atoms with Gasteiger partial charge in [0.1, 0.15) is 16.4 Å². The molecule has 6 rings (SSSR count). The summed E-state index contributed by atoms with van der Waals surface area (Å²) in [6.07, 6.45) is -9.58. The van der Waals surface area contributed by atoms with E-state index in [1.807, 2.05) is 0 Å². The molecule has 2 aliphatic heterocycles. The minimum absolute atomic E-state index is 0.0238. The zero-order chi connectivity index (χ0) is 38.7. The van der Waals surface area contributed by atoms with Crippen molar-refractivity contribution in [3.05, 3.63) is 87.5 Å². The Morgan fingerprint density at radius 2 is 1.68 bits per heavy atom. The summed E-state index contributed by atoms with van der Waals surface area (Å²) >= 11 is 0.547. The van der Waals surface area contributed by atoms with Crippen molar-refractivity contribution in [1.29, 1.82) is 0 Å². The average Bonchev–Trinajstić information content (AvgIpc) is 3.69. The van der Waals surface area contributed by atoms with Crippen molar-refractivity contribution in [3.63, 3.8) is 0 Å². The van der Waals surface area contributed by atoms with Crippen LogP contribution in [0.5, 0.6) is 5.75 Å². The number of halogens is 7. The molecule has 0 saturated carbocycles. The Balaban J connectivity index is 1.29. The number of aliphatic hydroxyl groups is 1. The number of methoxy groups -OCH3 is 1. The van der Waals surface area contributed by atoms with Gasteiger partial charge >= 0.3 is 12.4 Å². The number of aliphatic hydroxyl groups excluding tert-OH is 1. The normalized spacial score (nSPS) is 15.5. The lowest BCUT2D eigenvalue weighted by molar-refractivity contribution is -0.171. The molecule has 0 atom stereocenters. The largest absolute Gasteiger partial charge is 0.496 e. The number of oxime groups is 1. The molecule has 3 aromatic carbocycles. The van der Waals surface area contributed by atoms with Gasteiger partial charge in [0, 0.05) is 27.8 Å². The van der Waals surface area contributed by atoms with E-state index in [2.05, 4.69) is 15.8 Å². The molecular formula is C35H29F7N4O6S. The van der Waals surface area contributed by atoms with Crippen LogP contribution in [0.2, 0.25) is 0 Å². The number of rotatable bonds is 8. The molecular weight excluding hydrogens is 737 g/mol. The van der Waals surface area contributed by atoms with Crippen molar-refractivity contribution in [1.82, 2.24) is 4.90 Å². The number of amides is 3. The van der Waals surface area contributed by atoms with Crippen molar-refractivity contribution in [2.75, 3.05) is 37.4 Å². The minimum Gasteiger partial charge on any atom is -0.496 e. The summed E-state index contributed by atoms with van der Waals surface area (Å²) in [7, 11) is 1.29. The Hall–Kier alpha value is -5.23. The lowest BCUT2D eigenvalue weighted by Crippen LogP contribution is -2.65. The van der Waals surface area contributed by atoms with Crippen LogP contribution in [-0.2, 0) is 22.0 Å². The number of hydrogen-bond acceptors (Lipinski definition) is 8. The van der Waals surface area contributed by atoms with E-state index in [1.54, 1.807) is 24.8 Å². The predicted molar refractivity (Wildman–Crippen MR) is 180 cm³/mol. The second kappa shape index (κ2) is 13.3. The quantitative estimate of drug-likeness (QED) is 0.161. The molecule has 1 aromatic heterocycles. The third-order valence-electron chi connectivity index (χ3n) is 8.83. The Labute approximate surface area is 300 Å². The third-order valence-corrected chi connectivity index (χ3v) is 9.98. The Kier molecular flexibility index (Phi) is 9.43. The van der Waals surface area contributed by atoms with Gasteiger partial charge in [0.25, 0.3) is 11.8 Å². The molecule has 0 radical (unpaired) electrons. The van der Waals surface area contributed by atoms with Crippen LogP contribution in [-0.4, -0.2) is 65.8 Å². The van der Waals surface area contributed by atoms with Crippen LogP contribution in [0.3, 0.4) is 0 Å². The maximum atomic E-state index is 13.9. The van der Waals surface area contributed by atoms with Gasteiger partial charge in [-0.25, -0.2) is 4.39 Å². The fourth-order valence-electron chi connectivity index (χ4n) is 5.95. The van der Waals surface area contributed by atoms with E-state index >= 15 is 0 Å². The van der Waals surface area contributed by atoms with E-state index in [1.165, 1.54) is 19.2 Å². The molecule has 3 heterocycles. The molecule has 280 valence electrons. The summed E-state index contributed by atoms with van der Waals surface area (Å²) in [4.78, 5) is 47.0. The van der Waals surface area contributed by atoms with Gasteiger partial charge in [-0.15, -0.1) is 11.3 Å². The standard InChI is InChI=1S/C35H29F7N4O6S/c1-32(2,16-47)31(50)46-14-33(15-46)13-24(45-52-33)17-4-9-25(51-3)21(10-17)29(48)44-27-20-7-5-18(34(37,38)39)11-26(20)53-28(27)30(49)43-19-6-8-23(36)22(12-19)35(40,41)42/h4-12,47H,13-16H2,1-3H3,(H,43,49)(H,44,48). The number of nitrogens with one attached hydrogen (secondary N) is 2. The van der Waals surface area contributed by atoms with Gasteiger partial charge in [0.05, 0.1) is 60.3 Å². The Morgan fingerprint density at radius 1 is 0.962 bits per heavy atom. The molecule has 0 bridgehead atoms. The zero-order valence-corrected chi connectivity index (χ0v) is 28.8. The summed E-state index contributed by atoms with van der Waals surface area (Å²) in [5, 5.41) is 18.5. The number of benzene rings is 3. The Morgan fingerprint density at radius 3 is 2.32 bits per heavy atom. The van der Waals surface area contributed by atoms with Crippen LogP contribution in [0.25, 0.3) is 10.1 Å². The number of anilines is 2. The van der Waals surface area contributed by atoms with E-state index in [0.29, 0.717) is 34.7 Å². The van der Waals surface area contributed by atoms with Gasteiger partial charge in [-0.05, 0) is 62.4 Å². The van der Waals surface area contributed by atoms with E-state index in [0.717, 1.165) is 24.3 Å². The monoisotopic (exact) mass is 766 g/mol. The number of likely N-dealkylation sites (tertiary alicyclic amines) is 1. The lowest BCUT2D eigenvalue weighted by atomic mass is 9.83. The summed E-state index contributed by atoms with van der Waals surface area (Å²) in [6.45, 7) is 3.33. The first kappa shape index (κ1) is 37.5. The number of fused-ring (bicyclic) bond motifs is 1. The first-order valence-corrected chi connectivity index (χ1v) is 16.5. The SMILES string of the molecule is COc1ccc(C2=NOC3(C2)CN(C(=O)C(C)(C)CO)C3)cc1C(=O)Nc1c(C(=O)Nc2ccc(F)c(C(F)(F)F)c2)sc2cc(C(F)(F)F)ccc12. The van der Waals surface area contributed by atoms with Crippen molar-refractivity contribution in [3.8, 4) is 5.75 Å². The number of carbonyl (C=O) groups excluding carboxylic acids is 3. The molecule has 0 aliphatic carbocycles. The van der Waals surface area contributed by atoms with Crippen LogP contribution in [0.4, 0.5) is 42.1 Å². The van der Waals surface area contributed by atoms with Crippen LogP contribution < -0.4 is 15.4 Å². The number of alkyl halides is 6. The zero-order valence-electron chi connectivity index (χ0n) is 28.0. The highest BCUT2D eigenvalue weighted by Gasteiger charge is 2.53. The summed E-state index contributed by atoms with van der Waals surface area (Å²) in [5.41, 5.74) is -4.39. The molecule has 3 amide bonds. The topological polar surface area (TPSA) is 130 Å². The molecule has 1 saturated heterocycles. The Bertz CT molecular complexity index is 2170. The minimum atomic E-state index is -5.09. The molecule has 4 aromatic rings. The first-order valence-electron chi connectivity index (χ1n) is 15.7. The highest BCUT2D eigenvalue weighted by Crippen LogP contribution is 2.42. The summed E-state index contributed by atoms with van der Waals surface area (Å²) in [6, 6.07) is 8.82. The first-order chi connectivity index (χ1) is 24.7. The van der Waals surface area contributed by atoms with Crippen LogP contribution in [0.15, 0.2) is 59.8 Å². The van der Waals surface area contributed by atoms with Gasteiger partial charge in [-0.2, -0.15) is 26.3 Å². The third kappa shape index (κ3) is 7.24. The highest BCUT2D eigenvalue weighted by molar-refractivity contribution is 7.21. The van der Waals surface area contributed by atoms with Gasteiger partial charge in [-0.1, -0.05) is 11.2 Å². The molecule has 53 heavy (non-hydrogen) atoms. The molecule has 10 nitrogen and oxygen atoms in total. The van der Waals surface area contributed by atoms with Crippen molar-refractivity contribution in [2.24, 2.45) is 10.6 Å². The molecule has 18 heteroatoms. The lowest BCUT2D eigenvalue weighted by Gasteiger charge is -2.47. The number of carbonyl (C=O) groups is 3. The van der Waals surface area contributed by atoms with Crippen LogP contribution in [0.1, 0.15) is 57.0 Å². The molecule has 1 fully saturated rings. The van der Waals surface area contributed by atoms with E-state index in [-0.39, 0.29) is 64.0 Å². The maximum Gasteiger partial charge on any atom is 0.419 e. The molecule has 0 unspecified atom stereocenters. The number of thiophene rings is 1. The maximum absolute atomic E-state index is 13.9. The summed E-state index contributed by atoms with van der Waals surface area (Å²) < 4.78 is 100.0. The average molecular weight is 767 g/mol. The van der Waals surface area contributed by atoms with Crippen LogP contribution in [0, 0.1) is 11.2 Å². The second-order valence-electron chi connectivity index (χ2n) is 13.2. The van der Waals surface area contributed by atoms with Crippen molar-refractivity contribution in [2.45, 2.75) is 38.2 Å². The van der Waals surface area contributed by atoms with Gasteiger partial charge < -0.3 is 30.2 Å². The van der Waals surface area contributed by atoms with E-state index in [9.17, 15) is 50.2 Å². The smallest absolute Gasteiger partial charge is 0.419 e. The van der Waals surface area contributed by atoms with E-state index in [4.69, 9.17) is 9.57 Å². The van der Waals surface area contributed by atoms with E-state index < -0.39 is 57.8 Å². The van der Waals surface area contributed by atoms with Crippen molar-refractivity contribution < 1.29 is 59.8 Å². The molecule has 1 spiro atoms. The number of nitrogens with zero attached hydrogens (tertiary/aromatic N) is 2. The summed E-state index contributed by atoms with van der Waals surface area (Å²) in [5.74, 6) is -3.71. The number of hydrogen-bond donors (Lipinski definition) is 3. The molecule has 2 aliphatic rings. The van der Waals surface area contributed by atoms with Crippen LogP contribution >= 0.6 is 11.3 Å². The molecule has 3 N–H and O–H groups in total. The van der Waals surface area contributed by atoms with Gasteiger partial charge in [-0.3, -0.25) is 14.4 Å². The van der Waals surface area contributed by atoms with Gasteiger partial charge in [0.15, 0.2) is 5.60 Å². The second-order valence-corrected chi connectivity index (χ2v) is 14.3. The fraction of sp³-hybridized carbons (Fsp3) is 0.314. The fourth-order valence-corrected chi connectivity index (χ4v) is 7.04. The van der Waals surface area contributed by atoms with Crippen molar-refractivity contribution >= 4 is 56.2 Å². The highest BCUT2D eigenvalue weighted by atomic mass is 32.1. The van der Waals surface area contributed by atoms with Gasteiger partial charge in [0.2, 0.25) is 5.91 Å². The predicted octanol–water partition coefficient (Wildman–Crippen LogP) is 7.32. The number of ether oxygens (including phenoxy) is 1.